The van der Waals surface area contributed by atoms with Crippen molar-refractivity contribution >= 4 is 5.78 Å². The summed E-state index contributed by atoms with van der Waals surface area (Å²) in [6, 6.07) is 7.62. The summed E-state index contributed by atoms with van der Waals surface area (Å²) in [6.45, 7) is 2.19. The van der Waals surface area contributed by atoms with Gasteiger partial charge in [-0.2, -0.15) is 0 Å². The van der Waals surface area contributed by atoms with Gasteiger partial charge in [0.05, 0.1) is 32.1 Å². The molecule has 1 saturated heterocycles. The van der Waals surface area contributed by atoms with Crippen LogP contribution in [0.3, 0.4) is 0 Å². The van der Waals surface area contributed by atoms with Crippen LogP contribution in [0.4, 0.5) is 0 Å². The summed E-state index contributed by atoms with van der Waals surface area (Å²) in [5.41, 5.74) is 0.537. The van der Waals surface area contributed by atoms with Gasteiger partial charge in [-0.05, 0) is 12.1 Å². The second-order valence-corrected chi connectivity index (χ2v) is 5.34. The van der Waals surface area contributed by atoms with Crippen molar-refractivity contribution in [3.8, 4) is 5.75 Å². The lowest BCUT2D eigenvalue weighted by Gasteiger charge is -2.41. The molecule has 0 saturated carbocycles. The van der Waals surface area contributed by atoms with Crippen LogP contribution in [-0.4, -0.2) is 31.5 Å². The van der Waals surface area contributed by atoms with Gasteiger partial charge in [0.25, 0.3) is 0 Å². The van der Waals surface area contributed by atoms with E-state index in [1.54, 1.807) is 0 Å². The lowest BCUT2D eigenvalue weighted by molar-refractivity contribution is -0.887. The normalized spacial score (nSPS) is 32.1. The number of Topliss-reactive ketones (excluding diaryl/α,β-unsaturated/α-hetero) is 1. The van der Waals surface area contributed by atoms with Crippen molar-refractivity contribution in [2.24, 2.45) is 0 Å². The molecule has 1 spiro atoms. The number of likely N-dealkylation sites (tertiary alicyclic amines) is 1. The second kappa shape index (κ2) is 3.84. The van der Waals surface area contributed by atoms with Crippen molar-refractivity contribution in [2.45, 2.75) is 24.9 Å². The van der Waals surface area contributed by atoms with Crippen molar-refractivity contribution in [3.63, 3.8) is 0 Å². The van der Waals surface area contributed by atoms with E-state index in [9.17, 15) is 4.79 Å². The molecule has 1 fully saturated rings. The lowest BCUT2D eigenvalue weighted by Crippen LogP contribution is -3.10. The van der Waals surface area contributed by atoms with Gasteiger partial charge in [-0.3, -0.25) is 4.79 Å². The van der Waals surface area contributed by atoms with Gasteiger partial charge in [-0.15, -0.1) is 0 Å². The Kier molecular flexibility index (Phi) is 2.44. The molecule has 1 aromatic carbocycles. The summed E-state index contributed by atoms with van der Waals surface area (Å²) in [5.74, 6) is 1.02. The molecule has 3 nitrogen and oxygen atoms in total. The smallest absolute Gasteiger partial charge is 0.170 e. The number of hydrogen-bond acceptors (Lipinski definition) is 2. The van der Waals surface area contributed by atoms with Crippen LogP contribution in [0.5, 0.6) is 5.75 Å². The number of fused-ring (bicyclic) bond motifs is 1. The Hall–Kier alpha value is -1.35. The monoisotopic (exact) mass is 232 g/mol. The van der Waals surface area contributed by atoms with Gasteiger partial charge in [0, 0.05) is 12.8 Å². The zero-order chi connectivity index (χ0) is 11.9. The summed E-state index contributed by atoms with van der Waals surface area (Å²) >= 11 is 0. The molecule has 2 aliphatic heterocycles. The molecule has 0 unspecified atom stereocenters. The number of rotatable bonds is 0. The molecule has 3 heteroatoms. The summed E-state index contributed by atoms with van der Waals surface area (Å²) in [6.07, 6.45) is 2.52. The average molecular weight is 232 g/mol. The van der Waals surface area contributed by atoms with Crippen LogP contribution >= 0.6 is 0 Å². The Labute approximate surface area is 101 Å². The molecule has 0 aliphatic carbocycles. The Balaban J connectivity index is 1.91. The molecular formula is C14H18NO2+. The van der Waals surface area contributed by atoms with Gasteiger partial charge in [0.1, 0.15) is 11.4 Å². The van der Waals surface area contributed by atoms with E-state index in [1.807, 2.05) is 24.3 Å². The number of para-hydroxylation sites is 1. The molecule has 0 radical (unpaired) electrons. The van der Waals surface area contributed by atoms with Crippen LogP contribution in [0, 0.1) is 0 Å². The number of piperidine rings is 1. The number of hydrogen-bond donors (Lipinski definition) is 1. The summed E-state index contributed by atoms with van der Waals surface area (Å²) in [5, 5.41) is 0. The third kappa shape index (κ3) is 1.84. The van der Waals surface area contributed by atoms with E-state index in [0.29, 0.717) is 6.42 Å². The fourth-order valence-electron chi connectivity index (χ4n) is 2.85. The number of ketones is 1. The lowest BCUT2D eigenvalue weighted by atomic mass is 9.82. The van der Waals surface area contributed by atoms with Crippen LogP contribution in [-0.2, 0) is 0 Å². The summed E-state index contributed by atoms with van der Waals surface area (Å²) in [7, 11) is 2.20. The van der Waals surface area contributed by atoms with Crippen molar-refractivity contribution in [1.82, 2.24) is 0 Å². The highest BCUT2D eigenvalue weighted by atomic mass is 16.5. The van der Waals surface area contributed by atoms with E-state index in [4.69, 9.17) is 4.74 Å². The molecule has 2 aliphatic rings. The maximum Gasteiger partial charge on any atom is 0.170 e. The quantitative estimate of drug-likeness (QED) is 0.714. The van der Waals surface area contributed by atoms with E-state index in [0.717, 1.165) is 37.2 Å². The van der Waals surface area contributed by atoms with Crippen LogP contribution in [0.1, 0.15) is 29.6 Å². The SMILES string of the molecule is C[NH+]1CCC2(CC1)CC(=O)c1ccccc1O2. The number of quaternary nitrogens is 1. The highest BCUT2D eigenvalue weighted by molar-refractivity contribution is 6.00. The zero-order valence-electron chi connectivity index (χ0n) is 10.2. The highest BCUT2D eigenvalue weighted by Crippen LogP contribution is 2.37. The molecule has 0 bridgehead atoms. The molecule has 2 heterocycles. The number of carbonyl (C=O) groups excluding carboxylic acids is 1. The van der Waals surface area contributed by atoms with Gasteiger partial charge in [-0.25, -0.2) is 0 Å². The zero-order valence-corrected chi connectivity index (χ0v) is 10.2. The Morgan fingerprint density at radius 2 is 1.94 bits per heavy atom. The molecular weight excluding hydrogens is 214 g/mol. The average Bonchev–Trinajstić information content (AvgIpc) is 2.34. The van der Waals surface area contributed by atoms with E-state index >= 15 is 0 Å². The number of ether oxygens (including phenoxy) is 1. The highest BCUT2D eigenvalue weighted by Gasteiger charge is 2.43. The number of carbonyl (C=O) groups is 1. The number of benzene rings is 1. The van der Waals surface area contributed by atoms with E-state index in [2.05, 4.69) is 7.05 Å². The predicted molar refractivity (Wildman–Crippen MR) is 64.6 cm³/mol. The van der Waals surface area contributed by atoms with E-state index in [-0.39, 0.29) is 11.4 Å². The van der Waals surface area contributed by atoms with Gasteiger partial charge < -0.3 is 9.64 Å². The van der Waals surface area contributed by atoms with Gasteiger partial charge in [0.2, 0.25) is 0 Å². The Morgan fingerprint density at radius 1 is 1.24 bits per heavy atom. The third-order valence-electron chi connectivity index (χ3n) is 4.01. The second-order valence-electron chi connectivity index (χ2n) is 5.34. The first-order valence-electron chi connectivity index (χ1n) is 6.31. The summed E-state index contributed by atoms with van der Waals surface area (Å²) in [4.78, 5) is 13.7. The minimum absolute atomic E-state index is 0.217. The maximum atomic E-state index is 12.2. The summed E-state index contributed by atoms with van der Waals surface area (Å²) < 4.78 is 6.14. The first-order valence-corrected chi connectivity index (χ1v) is 6.31. The van der Waals surface area contributed by atoms with Crippen LogP contribution < -0.4 is 9.64 Å². The predicted octanol–water partition coefficient (Wildman–Crippen LogP) is 0.699. The van der Waals surface area contributed by atoms with Gasteiger partial charge in [-0.1, -0.05) is 12.1 Å². The Bertz CT molecular complexity index is 447. The van der Waals surface area contributed by atoms with Crippen LogP contribution in [0.15, 0.2) is 24.3 Å². The largest absolute Gasteiger partial charge is 0.486 e. The van der Waals surface area contributed by atoms with Crippen molar-refractivity contribution < 1.29 is 14.4 Å². The number of nitrogens with one attached hydrogen (secondary N) is 1. The topological polar surface area (TPSA) is 30.7 Å². The van der Waals surface area contributed by atoms with E-state index < -0.39 is 0 Å². The van der Waals surface area contributed by atoms with Crippen LogP contribution in [0.2, 0.25) is 0 Å². The molecule has 17 heavy (non-hydrogen) atoms. The first kappa shape index (κ1) is 10.8. The maximum absolute atomic E-state index is 12.2. The van der Waals surface area contributed by atoms with Crippen molar-refractivity contribution in [2.75, 3.05) is 20.1 Å². The standard InChI is InChI=1S/C14H17NO2/c1-15-8-6-14(7-9-15)10-12(16)11-4-2-3-5-13(11)17-14/h2-5H,6-10H2,1H3/p+1. The molecule has 1 aromatic rings. The fourth-order valence-corrected chi connectivity index (χ4v) is 2.85. The van der Waals surface area contributed by atoms with Gasteiger partial charge >= 0.3 is 0 Å². The Morgan fingerprint density at radius 3 is 2.71 bits per heavy atom. The molecule has 3 rings (SSSR count). The fraction of sp³-hybridized carbons (Fsp3) is 0.500. The van der Waals surface area contributed by atoms with Gasteiger partial charge in [0.15, 0.2) is 5.78 Å². The minimum atomic E-state index is -0.217. The molecule has 90 valence electrons. The minimum Gasteiger partial charge on any atom is -0.486 e. The van der Waals surface area contributed by atoms with Crippen molar-refractivity contribution in [1.29, 1.82) is 0 Å². The van der Waals surface area contributed by atoms with E-state index in [1.165, 1.54) is 4.90 Å². The van der Waals surface area contributed by atoms with Crippen molar-refractivity contribution in [3.05, 3.63) is 29.8 Å². The van der Waals surface area contributed by atoms with Crippen LogP contribution in [0.25, 0.3) is 0 Å². The molecule has 0 aromatic heterocycles. The first-order chi connectivity index (χ1) is 8.19. The molecule has 0 atom stereocenters. The molecule has 1 N–H and O–H groups in total. The molecule has 0 amide bonds. The third-order valence-corrected chi connectivity index (χ3v) is 4.01.